The maximum Gasteiger partial charge on any atom is 0.0874 e. The predicted molar refractivity (Wildman–Crippen MR) is 109 cm³/mol. The Morgan fingerprint density at radius 3 is 2.31 bits per heavy atom. The highest BCUT2D eigenvalue weighted by Gasteiger charge is 2.13. The van der Waals surface area contributed by atoms with E-state index in [2.05, 4.69) is 52.2 Å². The fraction of sp³-hybridized carbons (Fsp3) is 0.350. The first-order chi connectivity index (χ1) is 12.6. The Hall–Kier alpha value is -2.57. The molecule has 2 aromatic rings. The second-order valence-corrected chi connectivity index (χ2v) is 6.26. The van der Waals surface area contributed by atoms with Gasteiger partial charge in [-0.05, 0) is 38.2 Å². The van der Waals surface area contributed by atoms with Crippen LogP contribution in [0.2, 0.25) is 0 Å². The number of nitrogens with two attached hydrogens (primary N) is 2. The molecule has 6 nitrogen and oxygen atoms in total. The maximum absolute atomic E-state index is 5.75. The smallest absolute Gasteiger partial charge is 0.0874 e. The standard InChI is InChI=1S/C11H16N2.C9H14N4/c1-12-7-9-13(10-8-12)11-5-3-2-4-6-11;1-2-13(11)7-8(10)9-5-3-4-6-12-9/h2-6H,7-10H2,1H3;3-7H,2,10-11H2,1H3/b;8-7-. The number of nitrogens with zero attached hydrogens (tertiary/aromatic N) is 4. The molecule has 1 fully saturated rings. The van der Waals surface area contributed by atoms with Gasteiger partial charge in [0.15, 0.2) is 0 Å². The van der Waals surface area contributed by atoms with E-state index in [1.165, 1.54) is 23.8 Å². The molecule has 0 unspecified atom stereocenters. The minimum Gasteiger partial charge on any atom is -0.396 e. The Bertz CT molecular complexity index is 651. The monoisotopic (exact) mass is 354 g/mol. The molecule has 0 atom stereocenters. The van der Waals surface area contributed by atoms with Gasteiger partial charge in [0, 0.05) is 50.8 Å². The average molecular weight is 355 g/mol. The van der Waals surface area contributed by atoms with Crippen molar-refractivity contribution in [2.75, 3.05) is 44.7 Å². The van der Waals surface area contributed by atoms with E-state index in [0.29, 0.717) is 12.2 Å². The molecule has 1 aliphatic rings. The van der Waals surface area contributed by atoms with Crippen LogP contribution in [0.25, 0.3) is 5.70 Å². The molecule has 0 spiro atoms. The molecule has 0 amide bonds. The van der Waals surface area contributed by atoms with Crippen LogP contribution >= 0.6 is 0 Å². The van der Waals surface area contributed by atoms with E-state index in [9.17, 15) is 0 Å². The molecule has 0 radical (unpaired) electrons. The largest absolute Gasteiger partial charge is 0.396 e. The third-order valence-electron chi connectivity index (χ3n) is 4.26. The van der Waals surface area contributed by atoms with Gasteiger partial charge in [-0.25, -0.2) is 5.84 Å². The van der Waals surface area contributed by atoms with Gasteiger partial charge < -0.3 is 20.5 Å². The summed E-state index contributed by atoms with van der Waals surface area (Å²) in [4.78, 5) is 8.91. The first-order valence-electron chi connectivity index (χ1n) is 8.98. The summed E-state index contributed by atoms with van der Waals surface area (Å²) in [6, 6.07) is 16.2. The summed E-state index contributed by atoms with van der Waals surface area (Å²) in [6.45, 7) is 7.32. The van der Waals surface area contributed by atoms with Crippen LogP contribution in [0, 0.1) is 0 Å². The second kappa shape index (κ2) is 10.4. The van der Waals surface area contributed by atoms with E-state index in [4.69, 9.17) is 11.6 Å². The van der Waals surface area contributed by atoms with E-state index in [1.54, 1.807) is 12.4 Å². The first kappa shape index (κ1) is 19.8. The predicted octanol–water partition coefficient (Wildman–Crippen LogP) is 1.97. The molecule has 1 aromatic carbocycles. The number of hydrazine groups is 1. The van der Waals surface area contributed by atoms with Crippen LogP contribution in [0.3, 0.4) is 0 Å². The maximum atomic E-state index is 5.75. The summed E-state index contributed by atoms with van der Waals surface area (Å²) in [5, 5.41) is 1.52. The van der Waals surface area contributed by atoms with Crippen molar-refractivity contribution in [2.24, 2.45) is 11.6 Å². The van der Waals surface area contributed by atoms with Gasteiger partial charge in [-0.15, -0.1) is 0 Å². The summed E-state index contributed by atoms with van der Waals surface area (Å²) >= 11 is 0. The number of hydrogen-bond donors (Lipinski definition) is 2. The molecular formula is C20H30N6. The van der Waals surface area contributed by atoms with Gasteiger partial charge in [-0.2, -0.15) is 0 Å². The quantitative estimate of drug-likeness (QED) is 0.646. The summed E-state index contributed by atoms with van der Waals surface area (Å²) in [6.07, 6.45) is 3.37. The molecule has 2 heterocycles. The minimum absolute atomic E-state index is 0.574. The van der Waals surface area contributed by atoms with Crippen molar-refractivity contribution < 1.29 is 0 Å². The van der Waals surface area contributed by atoms with Crippen LogP contribution in [-0.4, -0.2) is 54.7 Å². The van der Waals surface area contributed by atoms with Crippen LogP contribution < -0.4 is 16.5 Å². The van der Waals surface area contributed by atoms with Gasteiger partial charge in [0.05, 0.1) is 11.4 Å². The van der Waals surface area contributed by atoms with Crippen molar-refractivity contribution in [1.82, 2.24) is 14.9 Å². The lowest BCUT2D eigenvalue weighted by Crippen LogP contribution is -2.44. The van der Waals surface area contributed by atoms with Crippen molar-refractivity contribution in [1.29, 1.82) is 0 Å². The second-order valence-electron chi connectivity index (χ2n) is 6.26. The average Bonchev–Trinajstić information content (AvgIpc) is 2.70. The Balaban J connectivity index is 0.000000187. The summed E-state index contributed by atoms with van der Waals surface area (Å²) in [5.41, 5.74) is 8.42. The summed E-state index contributed by atoms with van der Waals surface area (Å²) < 4.78 is 0. The first-order valence-corrected chi connectivity index (χ1v) is 8.98. The van der Waals surface area contributed by atoms with Crippen LogP contribution in [-0.2, 0) is 0 Å². The molecule has 1 saturated heterocycles. The summed E-state index contributed by atoms with van der Waals surface area (Å²) in [5.74, 6) is 5.56. The zero-order chi connectivity index (χ0) is 18.8. The van der Waals surface area contributed by atoms with E-state index in [1.807, 2.05) is 25.1 Å². The zero-order valence-corrected chi connectivity index (χ0v) is 15.8. The third kappa shape index (κ3) is 6.38. The lowest BCUT2D eigenvalue weighted by atomic mass is 10.2. The number of aromatic nitrogens is 1. The molecular weight excluding hydrogens is 324 g/mol. The zero-order valence-electron chi connectivity index (χ0n) is 15.8. The number of benzene rings is 1. The molecule has 26 heavy (non-hydrogen) atoms. The Morgan fingerprint density at radius 2 is 1.73 bits per heavy atom. The van der Waals surface area contributed by atoms with Crippen LogP contribution in [0.15, 0.2) is 60.9 Å². The minimum atomic E-state index is 0.574. The highest BCUT2D eigenvalue weighted by atomic mass is 15.4. The topological polar surface area (TPSA) is 74.6 Å². The van der Waals surface area contributed by atoms with Crippen molar-refractivity contribution in [3.8, 4) is 0 Å². The number of piperazine rings is 1. The summed E-state index contributed by atoms with van der Waals surface area (Å²) in [7, 11) is 2.18. The number of para-hydroxylation sites is 1. The SMILES string of the molecule is CCN(N)/C=C(\N)c1ccccn1.CN1CCN(c2ccccc2)CC1. The van der Waals surface area contributed by atoms with Gasteiger partial charge in [-0.3, -0.25) is 4.98 Å². The molecule has 1 aromatic heterocycles. The molecule has 140 valence electrons. The number of hydrogen-bond acceptors (Lipinski definition) is 6. The van der Waals surface area contributed by atoms with Crippen LogP contribution in [0.5, 0.6) is 0 Å². The third-order valence-corrected chi connectivity index (χ3v) is 4.26. The van der Waals surface area contributed by atoms with Crippen molar-refractivity contribution >= 4 is 11.4 Å². The highest BCUT2D eigenvalue weighted by molar-refractivity contribution is 5.58. The number of anilines is 1. The van der Waals surface area contributed by atoms with Crippen molar-refractivity contribution in [3.05, 3.63) is 66.6 Å². The van der Waals surface area contributed by atoms with Gasteiger partial charge in [0.25, 0.3) is 0 Å². The lowest BCUT2D eigenvalue weighted by Gasteiger charge is -2.33. The Labute approximate surface area is 156 Å². The van der Waals surface area contributed by atoms with Gasteiger partial charge in [-0.1, -0.05) is 24.3 Å². The molecule has 0 aliphatic carbocycles. The highest BCUT2D eigenvalue weighted by Crippen LogP contribution is 2.14. The molecule has 4 N–H and O–H groups in total. The Morgan fingerprint density at radius 1 is 1.08 bits per heavy atom. The van der Waals surface area contributed by atoms with Crippen molar-refractivity contribution in [3.63, 3.8) is 0 Å². The molecule has 6 heteroatoms. The van der Waals surface area contributed by atoms with E-state index in [-0.39, 0.29) is 0 Å². The van der Waals surface area contributed by atoms with E-state index >= 15 is 0 Å². The van der Waals surface area contributed by atoms with Gasteiger partial charge in [0.2, 0.25) is 0 Å². The van der Waals surface area contributed by atoms with E-state index in [0.717, 1.165) is 18.8 Å². The normalized spacial score (nSPS) is 15.2. The van der Waals surface area contributed by atoms with Gasteiger partial charge in [0.1, 0.15) is 0 Å². The number of pyridine rings is 1. The Kier molecular flexibility index (Phi) is 7.92. The fourth-order valence-electron chi connectivity index (χ4n) is 2.57. The number of rotatable bonds is 4. The van der Waals surface area contributed by atoms with Crippen LogP contribution in [0.4, 0.5) is 5.69 Å². The van der Waals surface area contributed by atoms with Crippen LogP contribution in [0.1, 0.15) is 12.6 Å². The molecule has 3 rings (SSSR count). The molecule has 0 bridgehead atoms. The molecule has 0 saturated carbocycles. The lowest BCUT2D eigenvalue weighted by molar-refractivity contribution is 0.313. The molecule has 1 aliphatic heterocycles. The fourth-order valence-corrected chi connectivity index (χ4v) is 2.57. The van der Waals surface area contributed by atoms with Crippen molar-refractivity contribution in [2.45, 2.75) is 6.92 Å². The van der Waals surface area contributed by atoms with Gasteiger partial charge >= 0.3 is 0 Å². The van der Waals surface area contributed by atoms with E-state index < -0.39 is 0 Å². The number of likely N-dealkylation sites (N-methyl/N-ethyl adjacent to an activating group) is 1.